The second kappa shape index (κ2) is 52.1. The molecule has 2 fully saturated rings. The summed E-state index contributed by atoms with van der Waals surface area (Å²) in [7, 11) is 7.25. The zero-order valence-electron chi connectivity index (χ0n) is 59.6. The number of benzene rings is 2. The quantitative estimate of drug-likeness (QED) is 0.0161. The molecule has 2 aliphatic heterocycles. The fourth-order valence-corrected chi connectivity index (χ4v) is 17.7. The van der Waals surface area contributed by atoms with E-state index in [2.05, 4.69) is 34.5 Å². The number of ether oxygens (including phenoxy) is 4. The predicted octanol–water partition coefficient (Wildman–Crippen LogP) is 16.6. The van der Waals surface area contributed by atoms with Crippen LogP contribution in [0.25, 0.3) is 10.8 Å². The van der Waals surface area contributed by atoms with Gasteiger partial charge < -0.3 is 44.3 Å². The van der Waals surface area contributed by atoms with Crippen LogP contribution in [0.2, 0.25) is 0 Å². The number of urea groups is 1. The van der Waals surface area contributed by atoms with Gasteiger partial charge in [-0.2, -0.15) is 11.8 Å². The normalized spacial score (nSPS) is 16.2. The first-order chi connectivity index (χ1) is 45.6. The maximum Gasteiger partial charge on any atom is 0.315 e. The average Bonchev–Trinajstić information content (AvgIpc) is 0.970. The molecule has 2 aromatic rings. The number of nitrogens with zero attached hydrogens (tertiary/aromatic N) is 2. The van der Waals surface area contributed by atoms with Gasteiger partial charge in [0, 0.05) is 72.7 Å². The zero-order valence-corrected chi connectivity index (χ0v) is 62.9. The number of anilines is 1. The number of nitrogens with one attached hydrogen (secondary N) is 4. The Kier molecular flexibility index (Phi) is 46.2. The Morgan fingerprint density at radius 1 is 0.606 bits per heavy atom. The number of quaternary nitrogens is 1. The lowest BCUT2D eigenvalue weighted by Gasteiger charge is -2.29. The van der Waals surface area contributed by atoms with Gasteiger partial charge in [-0.3, -0.25) is 14.4 Å². The summed E-state index contributed by atoms with van der Waals surface area (Å²) in [5.41, 5.74) is 0.932. The largest absolute Gasteiger partial charge is 0.463 e. The SMILES string of the molecule is CCCCCCCCCCCCCCCCCCOCC(CSSCC(COC(=O)CCC(=O)OCC[N+](C)(C)CCNS(=O)(=O)c1cccc2c(N(C)C)cccc12)NC(=O)CCCC[C@@H]1SC[C@@H]2NC(=O)N[C@@H]21)OCCCCCCCCCCCCCCCCCC. The van der Waals surface area contributed by atoms with Gasteiger partial charge in [0.15, 0.2) is 0 Å². The van der Waals surface area contributed by atoms with E-state index in [9.17, 15) is 27.6 Å². The number of thioether (sulfide) groups is 1. The molecule has 2 aliphatic rings. The van der Waals surface area contributed by atoms with E-state index in [0.717, 1.165) is 54.9 Å². The summed E-state index contributed by atoms with van der Waals surface area (Å²) >= 11 is 1.87. The van der Waals surface area contributed by atoms with Crippen LogP contribution in [-0.4, -0.2) is 164 Å². The minimum atomic E-state index is -3.81. The first-order valence-corrected chi connectivity index (χ1v) is 42.4. The van der Waals surface area contributed by atoms with E-state index in [1.165, 1.54) is 193 Å². The van der Waals surface area contributed by atoms with Crippen molar-refractivity contribution >= 4 is 83.7 Å². The van der Waals surface area contributed by atoms with Crippen molar-refractivity contribution in [1.29, 1.82) is 0 Å². The van der Waals surface area contributed by atoms with E-state index in [0.29, 0.717) is 60.0 Å². The highest BCUT2D eigenvalue weighted by Gasteiger charge is 2.42. The van der Waals surface area contributed by atoms with Gasteiger partial charge >= 0.3 is 18.0 Å². The highest BCUT2D eigenvalue weighted by molar-refractivity contribution is 8.76. The minimum Gasteiger partial charge on any atom is -0.463 e. The Hall–Kier alpha value is -2.98. The molecule has 0 spiro atoms. The van der Waals surface area contributed by atoms with Gasteiger partial charge in [0.1, 0.15) is 19.8 Å². The van der Waals surface area contributed by atoms with Crippen molar-refractivity contribution in [3.63, 3.8) is 0 Å². The number of amides is 3. The molecule has 2 heterocycles. The summed E-state index contributed by atoms with van der Waals surface area (Å²) in [6.07, 6.45) is 45.1. The summed E-state index contributed by atoms with van der Waals surface area (Å²) in [6.45, 7) is 7.69. The Morgan fingerprint density at radius 2 is 1.13 bits per heavy atom. The summed E-state index contributed by atoms with van der Waals surface area (Å²) in [5.74, 6) is 0.939. The summed E-state index contributed by atoms with van der Waals surface area (Å²) in [6, 6.07) is 10.7. The molecule has 0 aliphatic carbocycles. The van der Waals surface area contributed by atoms with Gasteiger partial charge in [0.25, 0.3) is 0 Å². The van der Waals surface area contributed by atoms with Crippen LogP contribution < -0.4 is 25.6 Å². The van der Waals surface area contributed by atoms with E-state index >= 15 is 0 Å². The molecule has 0 saturated carbocycles. The number of likely N-dealkylation sites (N-methyl/N-ethyl adjacent to an activating group) is 1. The second-order valence-corrected chi connectivity index (χ2v) is 33.1. The van der Waals surface area contributed by atoms with Gasteiger partial charge in [-0.15, -0.1) is 0 Å². The van der Waals surface area contributed by atoms with Crippen molar-refractivity contribution in [2.24, 2.45) is 0 Å². The molecule has 94 heavy (non-hydrogen) atoms. The van der Waals surface area contributed by atoms with E-state index in [1.807, 2.05) is 69.1 Å². The first-order valence-electron chi connectivity index (χ1n) is 37.4. The Balaban J connectivity index is 1.19. The number of esters is 2. The highest BCUT2D eigenvalue weighted by Crippen LogP contribution is 2.34. The molecule has 0 aromatic heterocycles. The van der Waals surface area contributed by atoms with Crippen LogP contribution in [0.15, 0.2) is 41.3 Å². The lowest BCUT2D eigenvalue weighted by Crippen LogP contribution is -2.47. The Morgan fingerprint density at radius 3 is 1.70 bits per heavy atom. The predicted molar refractivity (Wildman–Crippen MR) is 397 cm³/mol. The van der Waals surface area contributed by atoms with Crippen molar-refractivity contribution in [3.8, 4) is 0 Å². The molecular weight excluding hydrogens is 1260 g/mol. The number of fused-ring (bicyclic) bond motifs is 2. The number of hydrogen-bond donors (Lipinski definition) is 4. The number of rotatable bonds is 62. The van der Waals surface area contributed by atoms with Crippen LogP contribution in [0, 0.1) is 0 Å². The monoisotopic (exact) mass is 1390 g/mol. The molecule has 540 valence electrons. The topological polar surface area (TPSA) is 191 Å². The van der Waals surface area contributed by atoms with E-state index < -0.39 is 28.0 Å². The molecule has 4 rings (SSSR count). The average molecular weight is 1390 g/mol. The molecule has 2 aromatic carbocycles. The van der Waals surface area contributed by atoms with Crippen molar-refractivity contribution in [1.82, 2.24) is 20.7 Å². The molecule has 16 nitrogen and oxygen atoms in total. The number of unbranched alkanes of at least 4 members (excludes halogenated alkanes) is 31. The van der Waals surface area contributed by atoms with Gasteiger partial charge in [-0.1, -0.05) is 259 Å². The zero-order chi connectivity index (χ0) is 67.8. The van der Waals surface area contributed by atoms with Gasteiger partial charge in [0.05, 0.1) is 75.8 Å². The third-order valence-electron chi connectivity index (χ3n) is 18.4. The smallest absolute Gasteiger partial charge is 0.315 e. The van der Waals surface area contributed by atoms with Gasteiger partial charge in [0.2, 0.25) is 15.9 Å². The summed E-state index contributed by atoms with van der Waals surface area (Å²) in [5, 5.41) is 11.0. The van der Waals surface area contributed by atoms with E-state index in [1.54, 1.807) is 33.7 Å². The van der Waals surface area contributed by atoms with Crippen LogP contribution in [0.5, 0.6) is 0 Å². The van der Waals surface area contributed by atoms with E-state index in [-0.39, 0.29) is 67.6 Å². The van der Waals surface area contributed by atoms with Crippen LogP contribution in [-0.2, 0) is 43.4 Å². The summed E-state index contributed by atoms with van der Waals surface area (Å²) < 4.78 is 54.3. The Bertz CT molecular complexity index is 2440. The third kappa shape index (κ3) is 38.4. The number of sulfonamides is 1. The standard InChI is InChI=1S/C74H130N6O10S4/c1-7-9-11-13-15-17-19-21-23-25-27-29-31-33-35-39-54-87-58-63(88-55-40-36-34-32-30-28-26-24-22-20-18-16-14-12-10-8-2)60-93-92-59-62(76-70(81)48-38-37-46-68-73-66(61-91-68)77-74(84)78-73)57-90-72(83)50-49-71(82)89-56-53-80(5,6)52-51-75-94(85,86)69-47-42-43-64-65(69)44-41-45-67(64)79(3)4/h41-45,47,62-63,66,68,73,75H,7-40,46,48-61H2,1-6H3,(H2-,76,77,78,81,84)/p+1/t62?,63?,66-,68-,73-/m0/s1. The third-order valence-corrected chi connectivity index (χ3v) is 24.0. The van der Waals surface area contributed by atoms with Crippen molar-refractivity contribution in [2.75, 3.05) is 103 Å². The van der Waals surface area contributed by atoms with Crippen molar-refractivity contribution < 1.29 is 51.0 Å². The number of carbonyl (C=O) groups excluding carboxylic acids is 4. The maximum atomic E-state index is 13.5. The van der Waals surface area contributed by atoms with Crippen LogP contribution in [0.4, 0.5) is 10.5 Å². The lowest BCUT2D eigenvalue weighted by molar-refractivity contribution is -0.889. The maximum absolute atomic E-state index is 13.5. The fraction of sp³-hybridized carbons (Fsp3) is 0.811. The molecule has 4 N–H and O–H groups in total. The van der Waals surface area contributed by atoms with Crippen molar-refractivity contribution in [2.45, 2.75) is 292 Å². The second-order valence-electron chi connectivity index (χ2n) is 27.6. The van der Waals surface area contributed by atoms with Crippen molar-refractivity contribution in [3.05, 3.63) is 36.4 Å². The van der Waals surface area contributed by atoms with Crippen LogP contribution in [0.3, 0.4) is 0 Å². The molecule has 0 bridgehead atoms. The molecule has 3 amide bonds. The van der Waals surface area contributed by atoms with Gasteiger partial charge in [-0.05, 0) is 37.8 Å². The first kappa shape index (κ1) is 83.4. The summed E-state index contributed by atoms with van der Waals surface area (Å²) in [4.78, 5) is 53.7. The molecule has 2 saturated heterocycles. The fourth-order valence-electron chi connectivity index (χ4n) is 12.5. The lowest BCUT2D eigenvalue weighted by atomic mass is 10.0. The minimum absolute atomic E-state index is 0.0314. The highest BCUT2D eigenvalue weighted by atomic mass is 33.1. The molecule has 2 unspecified atom stereocenters. The van der Waals surface area contributed by atoms with Crippen LogP contribution in [0.1, 0.15) is 258 Å². The number of carbonyl (C=O) groups is 4. The van der Waals surface area contributed by atoms with E-state index in [4.69, 9.17) is 18.9 Å². The van der Waals surface area contributed by atoms with Gasteiger partial charge in [-0.25, -0.2) is 17.9 Å². The number of hydrogen-bond acceptors (Lipinski definition) is 14. The molecule has 5 atom stereocenters. The Labute approximate surface area is 583 Å². The van der Waals surface area contributed by atoms with Crippen LogP contribution >= 0.6 is 33.3 Å². The molecule has 20 heteroatoms. The molecular formula is C74H131N6O10S4+. The molecule has 0 radical (unpaired) electrons.